The lowest BCUT2D eigenvalue weighted by atomic mass is 9.81. The van der Waals surface area contributed by atoms with Gasteiger partial charge in [0.1, 0.15) is 0 Å². The van der Waals surface area contributed by atoms with Gasteiger partial charge in [-0.2, -0.15) is 0 Å². The fourth-order valence-corrected chi connectivity index (χ4v) is 3.75. The van der Waals surface area contributed by atoms with E-state index in [-0.39, 0.29) is 34.2 Å². The second-order valence-corrected chi connectivity index (χ2v) is 7.74. The Bertz CT molecular complexity index is 690. The first-order valence-corrected chi connectivity index (χ1v) is 8.79. The first-order chi connectivity index (χ1) is 10.8. The molecule has 24 heavy (non-hydrogen) atoms. The predicted molar refractivity (Wildman–Crippen MR) is 92.3 cm³/mol. The van der Waals surface area contributed by atoms with Crippen LogP contribution in [0.25, 0.3) is 0 Å². The molecule has 0 unspecified atom stereocenters. The number of nitrogens with zero attached hydrogens (tertiary/aromatic N) is 1. The summed E-state index contributed by atoms with van der Waals surface area (Å²) in [6.45, 7) is 4.11. The summed E-state index contributed by atoms with van der Waals surface area (Å²) >= 11 is 0. The Morgan fingerprint density at radius 1 is 1.38 bits per heavy atom. The normalized spacial score (nSPS) is 16.9. The zero-order chi connectivity index (χ0) is 17.1. The summed E-state index contributed by atoms with van der Waals surface area (Å²) in [5.74, 6) is -0.0778. The van der Waals surface area contributed by atoms with E-state index in [1.165, 1.54) is 19.2 Å². The molecule has 0 bridgehead atoms. The zero-order valence-corrected chi connectivity index (χ0v) is 15.2. The fourth-order valence-electron chi connectivity index (χ4n) is 2.54. The van der Waals surface area contributed by atoms with E-state index in [0.29, 0.717) is 6.54 Å². The zero-order valence-electron chi connectivity index (χ0n) is 13.6. The molecule has 1 saturated heterocycles. The molecular weight excluding hydrogens is 358 g/mol. The fraction of sp³-hybridized carbons (Fsp3) is 0.571. The van der Waals surface area contributed by atoms with Crippen molar-refractivity contribution in [2.45, 2.75) is 24.7 Å². The lowest BCUT2D eigenvalue weighted by molar-refractivity contribution is -0.385. The molecule has 2 N–H and O–H groups in total. The van der Waals surface area contributed by atoms with Gasteiger partial charge < -0.3 is 10.1 Å². The maximum Gasteiger partial charge on any atom is 0.310 e. The molecule has 1 aromatic rings. The van der Waals surface area contributed by atoms with E-state index in [0.717, 1.165) is 32.0 Å². The first kappa shape index (κ1) is 20.6. The summed E-state index contributed by atoms with van der Waals surface area (Å²) in [5.41, 5.74) is -0.361. The Morgan fingerprint density at radius 2 is 2.00 bits per heavy atom. The number of hydrogen-bond donors (Lipinski definition) is 2. The highest BCUT2D eigenvalue weighted by Crippen LogP contribution is 2.30. The minimum atomic E-state index is -3.75. The molecule has 1 heterocycles. The van der Waals surface area contributed by atoms with Crippen molar-refractivity contribution in [3.8, 4) is 5.75 Å². The van der Waals surface area contributed by atoms with E-state index in [9.17, 15) is 18.5 Å². The number of sulfonamides is 1. The molecule has 0 aliphatic carbocycles. The molecule has 0 spiro atoms. The van der Waals surface area contributed by atoms with Crippen molar-refractivity contribution >= 4 is 28.1 Å². The van der Waals surface area contributed by atoms with Crippen LogP contribution in [-0.4, -0.2) is 40.1 Å². The second kappa shape index (κ2) is 8.11. The minimum Gasteiger partial charge on any atom is -0.490 e. The van der Waals surface area contributed by atoms with E-state index < -0.39 is 14.9 Å². The number of ether oxygens (including phenoxy) is 1. The molecule has 0 aromatic heterocycles. The smallest absolute Gasteiger partial charge is 0.310 e. The van der Waals surface area contributed by atoms with Crippen LogP contribution in [0.1, 0.15) is 19.8 Å². The Kier molecular flexibility index (Phi) is 6.97. The summed E-state index contributed by atoms with van der Waals surface area (Å²) in [5, 5.41) is 14.1. The molecule has 2 rings (SSSR count). The third-order valence-corrected chi connectivity index (χ3v) is 5.56. The van der Waals surface area contributed by atoms with Crippen molar-refractivity contribution in [2.24, 2.45) is 5.41 Å². The predicted octanol–water partition coefficient (Wildman–Crippen LogP) is 1.69. The van der Waals surface area contributed by atoms with Crippen molar-refractivity contribution < 1.29 is 18.1 Å². The standard InChI is InChI=1S/C14H21N3O5S.ClH/c1-14(5-7-15-8-6-14)10-16-23(20,21)11-3-4-12(17(18)19)13(9-11)22-2;/h3-4,9,15-16H,5-8,10H2,1-2H3;1H. The van der Waals surface area contributed by atoms with Crippen LogP contribution in [0.5, 0.6) is 5.75 Å². The number of nitro benzene ring substituents is 1. The van der Waals surface area contributed by atoms with Crippen LogP contribution in [0.2, 0.25) is 0 Å². The highest BCUT2D eigenvalue weighted by molar-refractivity contribution is 7.89. The Balaban J connectivity index is 0.00000288. The number of hydrogen-bond acceptors (Lipinski definition) is 6. The molecule has 1 aliphatic rings. The molecule has 0 atom stereocenters. The lowest BCUT2D eigenvalue weighted by Gasteiger charge is -2.34. The summed E-state index contributed by atoms with van der Waals surface area (Å²) in [6, 6.07) is 3.53. The first-order valence-electron chi connectivity index (χ1n) is 7.30. The van der Waals surface area contributed by atoms with E-state index in [2.05, 4.69) is 10.0 Å². The molecule has 0 saturated carbocycles. The van der Waals surface area contributed by atoms with Gasteiger partial charge in [0.15, 0.2) is 5.75 Å². The van der Waals surface area contributed by atoms with Gasteiger partial charge in [0.2, 0.25) is 10.0 Å². The van der Waals surface area contributed by atoms with E-state index >= 15 is 0 Å². The topological polar surface area (TPSA) is 111 Å². The van der Waals surface area contributed by atoms with Gasteiger partial charge in [0.05, 0.1) is 16.9 Å². The Labute approximate surface area is 147 Å². The van der Waals surface area contributed by atoms with Crippen LogP contribution in [0.15, 0.2) is 23.1 Å². The quantitative estimate of drug-likeness (QED) is 0.574. The highest BCUT2D eigenvalue weighted by Gasteiger charge is 2.29. The van der Waals surface area contributed by atoms with Gasteiger partial charge in [-0.25, -0.2) is 13.1 Å². The maximum absolute atomic E-state index is 12.4. The summed E-state index contributed by atoms with van der Waals surface area (Å²) in [7, 11) is -2.48. The number of rotatable bonds is 6. The molecule has 10 heteroatoms. The van der Waals surface area contributed by atoms with Crippen LogP contribution in [0.4, 0.5) is 5.69 Å². The minimum absolute atomic E-state index is 0. The van der Waals surface area contributed by atoms with Gasteiger partial charge in [-0.1, -0.05) is 6.92 Å². The summed E-state index contributed by atoms with van der Waals surface area (Å²) in [4.78, 5) is 10.2. The average molecular weight is 380 g/mol. The largest absolute Gasteiger partial charge is 0.490 e. The van der Waals surface area contributed by atoms with Crippen LogP contribution >= 0.6 is 12.4 Å². The molecule has 0 amide bonds. The van der Waals surface area contributed by atoms with Gasteiger partial charge in [-0.3, -0.25) is 10.1 Å². The third-order valence-electron chi connectivity index (χ3n) is 4.16. The van der Waals surface area contributed by atoms with E-state index in [1.54, 1.807) is 0 Å². The number of methoxy groups -OCH3 is 1. The van der Waals surface area contributed by atoms with E-state index in [1.807, 2.05) is 6.92 Å². The number of nitrogens with one attached hydrogen (secondary N) is 2. The van der Waals surface area contributed by atoms with Gasteiger partial charge in [-0.15, -0.1) is 12.4 Å². The van der Waals surface area contributed by atoms with Crippen molar-refractivity contribution in [1.82, 2.24) is 10.0 Å². The SMILES string of the molecule is COc1cc(S(=O)(=O)NCC2(C)CCNCC2)ccc1[N+](=O)[O-].Cl. The summed E-state index contributed by atoms with van der Waals surface area (Å²) in [6.07, 6.45) is 1.78. The Morgan fingerprint density at radius 3 is 2.54 bits per heavy atom. The molecular formula is C14H22ClN3O5S. The van der Waals surface area contributed by atoms with Crippen LogP contribution < -0.4 is 14.8 Å². The van der Waals surface area contributed by atoms with Crippen LogP contribution in [0, 0.1) is 15.5 Å². The number of halogens is 1. The molecule has 1 aromatic carbocycles. The van der Waals surface area contributed by atoms with Crippen molar-refractivity contribution in [1.29, 1.82) is 0 Å². The molecule has 1 fully saturated rings. The number of piperidine rings is 1. The monoisotopic (exact) mass is 379 g/mol. The average Bonchev–Trinajstić information content (AvgIpc) is 2.53. The van der Waals surface area contributed by atoms with Crippen molar-refractivity contribution in [3.63, 3.8) is 0 Å². The Hall–Kier alpha value is -1.42. The molecule has 8 nitrogen and oxygen atoms in total. The van der Waals surface area contributed by atoms with Crippen LogP contribution in [-0.2, 0) is 10.0 Å². The maximum atomic E-state index is 12.4. The summed E-state index contributed by atoms with van der Waals surface area (Å²) < 4.78 is 32.3. The third kappa shape index (κ3) is 4.79. The number of benzene rings is 1. The van der Waals surface area contributed by atoms with Gasteiger partial charge in [0, 0.05) is 18.7 Å². The van der Waals surface area contributed by atoms with Gasteiger partial charge >= 0.3 is 5.69 Å². The molecule has 0 radical (unpaired) electrons. The lowest BCUT2D eigenvalue weighted by Crippen LogP contribution is -2.42. The van der Waals surface area contributed by atoms with Gasteiger partial charge in [-0.05, 0) is 37.4 Å². The number of nitro groups is 1. The van der Waals surface area contributed by atoms with Crippen LogP contribution in [0.3, 0.4) is 0 Å². The van der Waals surface area contributed by atoms with E-state index in [4.69, 9.17) is 4.74 Å². The molecule has 136 valence electrons. The molecule has 1 aliphatic heterocycles. The van der Waals surface area contributed by atoms with Gasteiger partial charge in [0.25, 0.3) is 0 Å². The van der Waals surface area contributed by atoms with Crippen molar-refractivity contribution in [2.75, 3.05) is 26.7 Å². The second-order valence-electron chi connectivity index (χ2n) is 5.98. The highest BCUT2D eigenvalue weighted by atomic mass is 35.5. The van der Waals surface area contributed by atoms with Crippen molar-refractivity contribution in [3.05, 3.63) is 28.3 Å².